The first-order valence-corrected chi connectivity index (χ1v) is 19.8. The van der Waals surface area contributed by atoms with Gasteiger partial charge in [0.15, 0.2) is 17.5 Å². The van der Waals surface area contributed by atoms with Gasteiger partial charge in [0.1, 0.15) is 11.2 Å². The third-order valence-electron chi connectivity index (χ3n) is 11.1. The maximum Gasteiger partial charge on any atom is 0.164 e. The standard InChI is InChI=1S/C51H30N4OS/c1-3-13-31(14-4-1)49-52-50(32-15-5-2-6-16-32)54-51(53-49)41-21-12-24-46-47(41)40-20-11-19-35(48(40)57-46)33-25-27-38-39-28-26-34(30-45(39)56-44(38)29-33)55-42-22-9-7-17-36(42)37-18-8-10-23-43(37)55/h1-30H. The van der Waals surface area contributed by atoms with Crippen LogP contribution < -0.4 is 0 Å². The summed E-state index contributed by atoms with van der Waals surface area (Å²) in [5.41, 5.74) is 10.3. The molecule has 4 aromatic heterocycles. The van der Waals surface area contributed by atoms with Crippen LogP contribution in [0.15, 0.2) is 186 Å². The predicted octanol–water partition coefficient (Wildman–Crippen LogP) is 13.9. The van der Waals surface area contributed by atoms with E-state index in [1.165, 1.54) is 42.2 Å². The van der Waals surface area contributed by atoms with E-state index in [2.05, 4.69) is 126 Å². The second-order valence-corrected chi connectivity index (χ2v) is 15.4. The number of furan rings is 1. The predicted molar refractivity (Wildman–Crippen MR) is 236 cm³/mol. The van der Waals surface area contributed by atoms with Crippen molar-refractivity contribution in [2.75, 3.05) is 0 Å². The minimum absolute atomic E-state index is 0.651. The molecule has 0 N–H and O–H groups in total. The smallest absolute Gasteiger partial charge is 0.164 e. The largest absolute Gasteiger partial charge is 0.456 e. The van der Waals surface area contributed by atoms with Gasteiger partial charge < -0.3 is 8.98 Å². The van der Waals surface area contributed by atoms with E-state index in [0.29, 0.717) is 17.5 Å². The molecule has 6 heteroatoms. The number of thiophene rings is 1. The van der Waals surface area contributed by atoms with Crippen LogP contribution in [0, 0.1) is 0 Å². The van der Waals surface area contributed by atoms with Gasteiger partial charge in [-0.2, -0.15) is 0 Å². The molecule has 12 rings (SSSR count). The molecule has 8 aromatic carbocycles. The van der Waals surface area contributed by atoms with Gasteiger partial charge in [-0.25, -0.2) is 15.0 Å². The fraction of sp³-hybridized carbons (Fsp3) is 0. The van der Waals surface area contributed by atoms with Gasteiger partial charge in [-0.05, 0) is 53.6 Å². The van der Waals surface area contributed by atoms with Crippen molar-refractivity contribution in [2.45, 2.75) is 0 Å². The molecule has 57 heavy (non-hydrogen) atoms. The highest BCUT2D eigenvalue weighted by atomic mass is 32.1. The van der Waals surface area contributed by atoms with Gasteiger partial charge in [-0.1, -0.05) is 133 Å². The van der Waals surface area contributed by atoms with Crippen LogP contribution in [0.4, 0.5) is 0 Å². The van der Waals surface area contributed by atoms with Crippen LogP contribution >= 0.6 is 11.3 Å². The minimum atomic E-state index is 0.651. The van der Waals surface area contributed by atoms with E-state index in [9.17, 15) is 0 Å². The summed E-state index contributed by atoms with van der Waals surface area (Å²) < 4.78 is 11.4. The average Bonchev–Trinajstić information content (AvgIpc) is 3.96. The molecule has 0 spiro atoms. The SMILES string of the molecule is c1ccc(-c2nc(-c3ccccc3)nc(-c3cccc4sc5c(-c6ccc7c(c6)oc6cc(-n8c9ccccc9c9ccccc98)ccc67)cccc5c34)n2)cc1. The van der Waals surface area contributed by atoms with Crippen molar-refractivity contribution in [3.05, 3.63) is 182 Å². The number of aromatic nitrogens is 4. The van der Waals surface area contributed by atoms with E-state index in [4.69, 9.17) is 19.4 Å². The molecule has 12 aromatic rings. The second-order valence-electron chi connectivity index (χ2n) is 14.4. The molecule has 5 nitrogen and oxygen atoms in total. The highest BCUT2D eigenvalue weighted by Crippen LogP contribution is 2.45. The quantitative estimate of drug-likeness (QED) is 0.176. The van der Waals surface area contributed by atoms with Crippen molar-refractivity contribution in [1.82, 2.24) is 19.5 Å². The monoisotopic (exact) mass is 746 g/mol. The summed E-state index contributed by atoms with van der Waals surface area (Å²) in [7, 11) is 0. The summed E-state index contributed by atoms with van der Waals surface area (Å²) >= 11 is 1.80. The molecule has 0 unspecified atom stereocenters. The van der Waals surface area contributed by atoms with Gasteiger partial charge in [0, 0.05) is 70.2 Å². The van der Waals surface area contributed by atoms with E-state index in [1.54, 1.807) is 11.3 Å². The molecular formula is C51H30N4OS. The third kappa shape index (κ3) is 5.04. The molecular weight excluding hydrogens is 717 g/mol. The van der Waals surface area contributed by atoms with Crippen LogP contribution in [0.25, 0.3) is 115 Å². The third-order valence-corrected chi connectivity index (χ3v) is 12.3. The van der Waals surface area contributed by atoms with Gasteiger partial charge in [0.2, 0.25) is 0 Å². The van der Waals surface area contributed by atoms with Crippen LogP contribution in [0.1, 0.15) is 0 Å². The molecule has 0 bridgehead atoms. The Hall–Kier alpha value is -7.41. The lowest BCUT2D eigenvalue weighted by Crippen LogP contribution is -2.00. The first-order chi connectivity index (χ1) is 28.2. The van der Waals surface area contributed by atoms with Gasteiger partial charge in [-0.15, -0.1) is 11.3 Å². The lowest BCUT2D eigenvalue weighted by Gasteiger charge is -2.09. The zero-order valence-electron chi connectivity index (χ0n) is 30.4. The Morgan fingerprint density at radius 3 is 1.67 bits per heavy atom. The fourth-order valence-corrected chi connectivity index (χ4v) is 9.73. The Kier molecular flexibility index (Phi) is 7.03. The van der Waals surface area contributed by atoms with Crippen molar-refractivity contribution >= 4 is 75.3 Å². The van der Waals surface area contributed by atoms with Gasteiger partial charge in [-0.3, -0.25) is 0 Å². The second kappa shape index (κ2) is 12.6. The number of rotatable bonds is 5. The molecule has 0 amide bonds. The number of hydrogen-bond donors (Lipinski definition) is 0. The lowest BCUT2D eigenvalue weighted by molar-refractivity contribution is 0.669. The summed E-state index contributed by atoms with van der Waals surface area (Å²) in [6, 6.07) is 63.7. The molecule has 4 heterocycles. The molecule has 0 aliphatic heterocycles. The first kappa shape index (κ1) is 31.9. The molecule has 0 saturated heterocycles. The van der Waals surface area contributed by atoms with Gasteiger partial charge >= 0.3 is 0 Å². The highest BCUT2D eigenvalue weighted by molar-refractivity contribution is 7.26. The Balaban J connectivity index is 0.994. The number of nitrogens with zero attached hydrogens (tertiary/aromatic N) is 4. The molecule has 0 aliphatic rings. The highest BCUT2D eigenvalue weighted by Gasteiger charge is 2.20. The minimum Gasteiger partial charge on any atom is -0.456 e. The van der Waals surface area contributed by atoms with Crippen LogP contribution in [-0.4, -0.2) is 19.5 Å². The summed E-state index contributed by atoms with van der Waals surface area (Å²) in [6.45, 7) is 0. The van der Waals surface area contributed by atoms with Crippen molar-refractivity contribution in [3.63, 3.8) is 0 Å². The Bertz CT molecular complexity index is 3420. The molecule has 0 atom stereocenters. The zero-order valence-corrected chi connectivity index (χ0v) is 31.2. The average molecular weight is 747 g/mol. The van der Waals surface area contributed by atoms with Crippen molar-refractivity contribution in [1.29, 1.82) is 0 Å². The molecule has 0 aliphatic carbocycles. The van der Waals surface area contributed by atoms with E-state index < -0.39 is 0 Å². The first-order valence-electron chi connectivity index (χ1n) is 19.0. The van der Waals surface area contributed by atoms with Crippen LogP contribution in [0.2, 0.25) is 0 Å². The van der Waals surface area contributed by atoms with Crippen LogP contribution in [-0.2, 0) is 0 Å². The van der Waals surface area contributed by atoms with Crippen molar-refractivity contribution in [3.8, 4) is 51.0 Å². The molecule has 0 radical (unpaired) electrons. The summed E-state index contributed by atoms with van der Waals surface area (Å²) in [5.74, 6) is 1.96. The van der Waals surface area contributed by atoms with Crippen LogP contribution in [0.3, 0.4) is 0 Å². The van der Waals surface area contributed by atoms with E-state index >= 15 is 0 Å². The molecule has 0 saturated carbocycles. The number of benzene rings is 8. The normalized spacial score (nSPS) is 11.9. The Morgan fingerprint density at radius 1 is 0.404 bits per heavy atom. The molecule has 0 fully saturated rings. The van der Waals surface area contributed by atoms with E-state index in [-0.39, 0.29) is 0 Å². The van der Waals surface area contributed by atoms with Crippen molar-refractivity contribution < 1.29 is 4.42 Å². The topological polar surface area (TPSA) is 56.7 Å². The fourth-order valence-electron chi connectivity index (χ4n) is 8.46. The molecule has 266 valence electrons. The van der Waals surface area contributed by atoms with Gasteiger partial charge in [0.05, 0.1) is 11.0 Å². The van der Waals surface area contributed by atoms with E-state index in [1.807, 2.05) is 60.7 Å². The van der Waals surface area contributed by atoms with Crippen LogP contribution in [0.5, 0.6) is 0 Å². The van der Waals surface area contributed by atoms with E-state index in [0.717, 1.165) is 55.3 Å². The lowest BCUT2D eigenvalue weighted by atomic mass is 9.99. The number of hydrogen-bond acceptors (Lipinski definition) is 5. The summed E-state index contributed by atoms with van der Waals surface area (Å²) in [4.78, 5) is 15.1. The summed E-state index contributed by atoms with van der Waals surface area (Å²) in [5, 5.41) is 7.01. The maximum atomic E-state index is 6.69. The summed E-state index contributed by atoms with van der Waals surface area (Å²) in [6.07, 6.45) is 0. The zero-order chi connectivity index (χ0) is 37.5. The maximum absolute atomic E-state index is 6.69. The van der Waals surface area contributed by atoms with Crippen molar-refractivity contribution in [2.24, 2.45) is 0 Å². The number of fused-ring (bicyclic) bond motifs is 9. The Morgan fingerprint density at radius 2 is 0.965 bits per heavy atom. The number of para-hydroxylation sites is 2. The Labute approximate surface area is 330 Å². The van der Waals surface area contributed by atoms with Gasteiger partial charge in [0.25, 0.3) is 0 Å².